The van der Waals surface area contributed by atoms with E-state index in [2.05, 4.69) is 118 Å². The average molecular weight is 664 g/mol. The van der Waals surface area contributed by atoms with Gasteiger partial charge in [0.25, 0.3) is 0 Å². The van der Waals surface area contributed by atoms with E-state index in [1.165, 1.54) is 43.4 Å². The first-order valence-electron chi connectivity index (χ1n) is 11.0. The van der Waals surface area contributed by atoms with E-state index in [-0.39, 0.29) is 5.82 Å². The molecule has 34 heavy (non-hydrogen) atoms. The zero-order valence-electron chi connectivity index (χ0n) is 18.2. The van der Waals surface area contributed by atoms with Gasteiger partial charge in [-0.1, -0.05) is 110 Å². The Kier molecular flexibility index (Phi) is 5.70. The van der Waals surface area contributed by atoms with Crippen molar-refractivity contribution in [1.29, 1.82) is 0 Å². The third-order valence-electron chi connectivity index (χ3n) is 6.39. The monoisotopic (exact) mass is 664 g/mol. The summed E-state index contributed by atoms with van der Waals surface area (Å²) < 4.78 is 20.2. The Morgan fingerprint density at radius 2 is 1.12 bits per heavy atom. The van der Waals surface area contributed by atoms with Crippen LogP contribution in [0.25, 0.3) is 54.6 Å². The fourth-order valence-electron chi connectivity index (χ4n) is 4.89. The summed E-state index contributed by atoms with van der Waals surface area (Å²) in [4.78, 5) is 0. The maximum absolute atomic E-state index is 14.7. The molecule has 0 aliphatic rings. The van der Waals surface area contributed by atoms with Crippen LogP contribution in [0.1, 0.15) is 0 Å². The van der Waals surface area contributed by atoms with Crippen LogP contribution in [0.2, 0.25) is 0 Å². The van der Waals surface area contributed by atoms with E-state index >= 15 is 0 Å². The van der Waals surface area contributed by atoms with Crippen LogP contribution in [-0.4, -0.2) is 4.51 Å². The fourth-order valence-corrected chi connectivity index (χ4v) is 7.22. The van der Waals surface area contributed by atoms with Crippen LogP contribution in [0.15, 0.2) is 103 Å². The van der Waals surface area contributed by atoms with Crippen LogP contribution in [0, 0.1) is 13.0 Å². The molecule has 0 aliphatic carbocycles. The second kappa shape index (κ2) is 8.86. The van der Waals surface area contributed by atoms with Gasteiger partial charge in [-0.25, -0.2) is 4.39 Å². The van der Waals surface area contributed by atoms with Crippen molar-refractivity contribution in [2.45, 2.75) is 0 Å². The minimum Gasteiger partial charge on any atom is -0.205 e. The highest BCUT2D eigenvalue weighted by atomic mass is 127. The fraction of sp³-hybridized carbons (Fsp3) is 0. The zero-order chi connectivity index (χ0) is 23.2. The Morgan fingerprint density at radius 1 is 0.588 bits per heavy atom. The number of benzene rings is 6. The highest BCUT2D eigenvalue weighted by molar-refractivity contribution is 14.2. The van der Waals surface area contributed by atoms with Crippen molar-refractivity contribution in [2.24, 2.45) is 0 Å². The average Bonchev–Trinajstić information content (AvgIpc) is 2.88. The van der Waals surface area contributed by atoms with Crippen molar-refractivity contribution in [3.05, 3.63) is 116 Å². The molecule has 0 radical (unpaired) electrons. The molecule has 6 rings (SSSR count). The van der Waals surface area contributed by atoms with Gasteiger partial charge in [0.05, 0.1) is 3.57 Å². The largest absolute Gasteiger partial charge is 0.205 e. The molecule has 0 amide bonds. The van der Waals surface area contributed by atoms with Crippen molar-refractivity contribution in [1.82, 2.24) is 0 Å². The van der Waals surface area contributed by atoms with Crippen molar-refractivity contribution < 1.29 is 4.39 Å². The third kappa shape index (κ3) is 3.57. The van der Waals surface area contributed by atoms with Crippen molar-refractivity contribution in [2.75, 3.05) is 0 Å². The summed E-state index contributed by atoms with van der Waals surface area (Å²) in [5, 5.41) is 7.24. The lowest BCUT2D eigenvalue weighted by Crippen LogP contribution is -1.94. The molecule has 0 aromatic heterocycles. The van der Waals surface area contributed by atoms with Gasteiger partial charge in [0.15, 0.2) is 0 Å². The molecule has 164 valence electrons. The molecule has 0 fully saturated rings. The van der Waals surface area contributed by atoms with Gasteiger partial charge >= 0.3 is 0 Å². The van der Waals surface area contributed by atoms with Crippen LogP contribution in [0.4, 0.5) is 4.39 Å². The van der Waals surface area contributed by atoms with E-state index in [0.29, 0.717) is 3.57 Å². The third-order valence-corrected chi connectivity index (χ3v) is 8.78. The number of rotatable bonds is 3. The summed E-state index contributed by atoms with van der Waals surface area (Å²) in [7, 11) is 0. The molecule has 0 nitrogen and oxygen atoms in total. The Bertz CT molecular complexity index is 1690. The van der Waals surface area contributed by atoms with E-state index in [1.54, 1.807) is 0 Å². The smallest absolute Gasteiger partial charge is 0.149 e. The molecule has 6 aromatic rings. The van der Waals surface area contributed by atoms with E-state index in [1.807, 2.05) is 12.1 Å². The first-order valence-corrected chi connectivity index (χ1v) is 14.6. The predicted octanol–water partition coefficient (Wildman–Crippen LogP) is 9.80. The summed E-state index contributed by atoms with van der Waals surface area (Å²) in [5.41, 5.74) is 4.66. The Balaban J connectivity index is 1.76. The molecule has 0 heterocycles. The van der Waals surface area contributed by atoms with E-state index in [0.717, 1.165) is 14.7 Å². The lowest BCUT2D eigenvalue weighted by atomic mass is 9.85. The summed E-state index contributed by atoms with van der Waals surface area (Å²) >= 11 is 1.50. The Hall–Kier alpha value is -2.64. The second-order valence-electron chi connectivity index (χ2n) is 8.29. The summed E-state index contributed by atoms with van der Waals surface area (Å²) in [5.74, 6) is -0.117. The second-order valence-corrected chi connectivity index (χ2v) is 11.4. The van der Waals surface area contributed by atoms with Gasteiger partial charge in [-0.3, -0.25) is 0 Å². The predicted molar refractivity (Wildman–Crippen MR) is 162 cm³/mol. The van der Waals surface area contributed by atoms with Crippen molar-refractivity contribution in [3.63, 3.8) is 0 Å². The Morgan fingerprint density at radius 3 is 1.71 bits per heavy atom. The molecule has 0 saturated heterocycles. The van der Waals surface area contributed by atoms with Crippen LogP contribution in [0.5, 0.6) is 0 Å². The van der Waals surface area contributed by atoms with Gasteiger partial charge in [0.2, 0.25) is 0 Å². The Labute approximate surface area is 221 Å². The number of hydrogen-bond acceptors (Lipinski definition) is 0. The van der Waals surface area contributed by atoms with Crippen molar-refractivity contribution >= 4 is 80.2 Å². The summed E-state index contributed by atoms with van der Waals surface area (Å²) in [6, 6.07) is 36.4. The maximum Gasteiger partial charge on any atom is 0.149 e. The quantitative estimate of drug-likeness (QED) is 0.100. The molecule has 3 heteroatoms. The molecule has 0 aliphatic heterocycles. The topological polar surface area (TPSA) is 0 Å². The highest BCUT2D eigenvalue weighted by Gasteiger charge is 2.18. The first-order chi connectivity index (χ1) is 16.7. The standard InChI is InChI=1S/C31H19FI2/c1-34-28-18-22(17-27(33)31(28)32)30-25-12-6-4-10-23(25)29(24-11-5-7-13-26(24)30)21-15-14-19-8-2-3-9-20(19)16-21/h2-18H,1H2. The number of hydrogen-bond donors (Lipinski definition) is 0. The summed E-state index contributed by atoms with van der Waals surface area (Å²) in [6.07, 6.45) is 0. The maximum atomic E-state index is 14.7. The van der Waals surface area contributed by atoms with Gasteiger partial charge in [0, 0.05) is 3.57 Å². The van der Waals surface area contributed by atoms with Gasteiger partial charge in [-0.2, -0.15) is 0 Å². The molecular weight excluding hydrogens is 645 g/mol. The van der Waals surface area contributed by atoms with Gasteiger partial charge in [-0.15, -0.1) is 0 Å². The van der Waals surface area contributed by atoms with Gasteiger partial charge < -0.3 is 0 Å². The summed E-state index contributed by atoms with van der Waals surface area (Å²) in [6.45, 7) is 0. The van der Waals surface area contributed by atoms with E-state index in [4.69, 9.17) is 0 Å². The van der Waals surface area contributed by atoms with Gasteiger partial charge in [-0.05, 0) is 95.4 Å². The molecule has 0 atom stereocenters. The zero-order valence-corrected chi connectivity index (χ0v) is 22.5. The molecule has 0 bridgehead atoms. The van der Waals surface area contributed by atoms with Crippen LogP contribution < -0.4 is 0 Å². The molecule has 0 spiro atoms. The lowest BCUT2D eigenvalue weighted by Gasteiger charge is -2.18. The minimum absolute atomic E-state index is 0.117. The molecule has 0 N–H and O–H groups in total. The molecule has 0 unspecified atom stereocenters. The molecule has 6 aromatic carbocycles. The minimum atomic E-state index is -0.616. The SMILES string of the molecule is C=Ic1cc(-c2c3ccccc3c(-c3ccc4ccccc4c3)c3ccccc23)cc(I)c1F. The van der Waals surface area contributed by atoms with Crippen LogP contribution >= 0.6 is 43.3 Å². The molecule has 0 saturated carbocycles. The number of halogens is 3. The van der Waals surface area contributed by atoms with Crippen molar-refractivity contribution in [3.8, 4) is 22.3 Å². The number of fused-ring (bicyclic) bond motifs is 3. The van der Waals surface area contributed by atoms with Gasteiger partial charge in [0.1, 0.15) is 5.82 Å². The normalized spacial score (nSPS) is 11.5. The van der Waals surface area contributed by atoms with Crippen LogP contribution in [-0.2, 0) is 0 Å². The van der Waals surface area contributed by atoms with E-state index < -0.39 is 20.7 Å². The van der Waals surface area contributed by atoms with Crippen LogP contribution in [0.3, 0.4) is 0 Å². The molecular formula is C31H19FI2. The first kappa shape index (κ1) is 21.9. The van der Waals surface area contributed by atoms with E-state index in [9.17, 15) is 4.39 Å². The highest BCUT2D eigenvalue weighted by Crippen LogP contribution is 2.44. The lowest BCUT2D eigenvalue weighted by molar-refractivity contribution is 0.613.